The summed E-state index contributed by atoms with van der Waals surface area (Å²) in [6, 6.07) is 5.91. The van der Waals surface area contributed by atoms with Crippen LogP contribution >= 0.6 is 24.0 Å². The summed E-state index contributed by atoms with van der Waals surface area (Å²) in [5.74, 6) is 0.229. The predicted molar refractivity (Wildman–Crippen MR) is 88.5 cm³/mol. The maximum Gasteiger partial charge on any atom is 0.243 e. The van der Waals surface area contributed by atoms with Gasteiger partial charge in [-0.1, -0.05) is 18.5 Å². The highest BCUT2D eigenvalue weighted by atomic mass is 35.5. The van der Waals surface area contributed by atoms with Crippen molar-refractivity contribution in [1.82, 2.24) is 4.31 Å². The molecule has 5 nitrogen and oxygen atoms in total. The SMILES string of the molecule is CC1CCCN(S(=O)(=O)c2ccc(C#N)c(Cl)c2)C1CN.Cl. The first-order valence-electron chi connectivity index (χ1n) is 6.83. The molecule has 8 heteroatoms. The highest BCUT2D eigenvalue weighted by molar-refractivity contribution is 7.89. The minimum atomic E-state index is -3.64. The predicted octanol–water partition coefficient (Wildman–Crippen LogP) is 2.38. The highest BCUT2D eigenvalue weighted by Gasteiger charge is 2.36. The second-order valence-electron chi connectivity index (χ2n) is 5.29. The average Bonchev–Trinajstić information content (AvgIpc) is 2.46. The monoisotopic (exact) mass is 363 g/mol. The molecule has 0 amide bonds. The summed E-state index contributed by atoms with van der Waals surface area (Å²) in [7, 11) is -3.64. The first-order valence-corrected chi connectivity index (χ1v) is 8.65. The zero-order valence-corrected chi connectivity index (χ0v) is 14.6. The van der Waals surface area contributed by atoms with Gasteiger partial charge in [0, 0.05) is 19.1 Å². The van der Waals surface area contributed by atoms with Crippen LogP contribution in [0.4, 0.5) is 0 Å². The summed E-state index contributed by atoms with van der Waals surface area (Å²) in [5, 5.41) is 9.01. The minimum absolute atomic E-state index is 0. The van der Waals surface area contributed by atoms with Crippen LogP contribution in [-0.4, -0.2) is 31.9 Å². The van der Waals surface area contributed by atoms with E-state index in [1.807, 2.05) is 13.0 Å². The Morgan fingerprint density at radius 2 is 2.18 bits per heavy atom. The molecule has 0 radical (unpaired) electrons. The molecule has 1 heterocycles. The third kappa shape index (κ3) is 3.55. The van der Waals surface area contributed by atoms with Gasteiger partial charge in [0.2, 0.25) is 10.0 Å². The van der Waals surface area contributed by atoms with Crippen LogP contribution in [0.2, 0.25) is 5.02 Å². The van der Waals surface area contributed by atoms with Gasteiger partial charge in [-0.25, -0.2) is 8.42 Å². The molecule has 2 atom stereocenters. The normalized spacial score (nSPS) is 22.6. The van der Waals surface area contributed by atoms with Crippen LogP contribution in [0.25, 0.3) is 0 Å². The maximum absolute atomic E-state index is 12.8. The molecule has 1 aliphatic heterocycles. The van der Waals surface area contributed by atoms with E-state index in [0.717, 1.165) is 12.8 Å². The lowest BCUT2D eigenvalue weighted by Gasteiger charge is -2.38. The van der Waals surface area contributed by atoms with E-state index < -0.39 is 10.0 Å². The Labute approximate surface area is 142 Å². The molecule has 2 rings (SSSR count). The molecule has 1 aromatic carbocycles. The Morgan fingerprint density at radius 1 is 1.50 bits per heavy atom. The van der Waals surface area contributed by atoms with Gasteiger partial charge < -0.3 is 5.73 Å². The molecule has 0 spiro atoms. The van der Waals surface area contributed by atoms with Gasteiger partial charge in [0.15, 0.2) is 0 Å². The van der Waals surface area contributed by atoms with Crippen molar-refractivity contribution in [2.24, 2.45) is 11.7 Å². The van der Waals surface area contributed by atoms with Crippen molar-refractivity contribution in [3.8, 4) is 6.07 Å². The summed E-state index contributed by atoms with van der Waals surface area (Å²) >= 11 is 5.94. The fourth-order valence-corrected chi connectivity index (χ4v) is 4.83. The number of nitrogens with zero attached hydrogens (tertiary/aromatic N) is 2. The Kier molecular flexibility index (Phi) is 6.65. The van der Waals surface area contributed by atoms with Crippen LogP contribution in [0.15, 0.2) is 23.1 Å². The molecule has 1 aromatic rings. The lowest BCUT2D eigenvalue weighted by Crippen LogP contribution is -2.51. The van der Waals surface area contributed by atoms with Gasteiger partial charge in [-0.05, 0) is 37.0 Å². The number of rotatable bonds is 3. The van der Waals surface area contributed by atoms with Crippen LogP contribution < -0.4 is 5.73 Å². The van der Waals surface area contributed by atoms with Gasteiger partial charge in [0.1, 0.15) is 6.07 Å². The Bertz CT molecular complexity index is 673. The molecule has 1 aliphatic rings. The van der Waals surface area contributed by atoms with Crippen molar-refractivity contribution in [1.29, 1.82) is 5.26 Å². The van der Waals surface area contributed by atoms with Crippen molar-refractivity contribution < 1.29 is 8.42 Å². The molecule has 2 N–H and O–H groups in total. The molecule has 1 saturated heterocycles. The van der Waals surface area contributed by atoms with Crippen LogP contribution in [0.1, 0.15) is 25.3 Å². The van der Waals surface area contributed by atoms with Crippen molar-refractivity contribution in [3.05, 3.63) is 28.8 Å². The number of halogens is 2. The summed E-state index contributed by atoms with van der Waals surface area (Å²) in [6.45, 7) is 2.78. The van der Waals surface area contributed by atoms with E-state index in [2.05, 4.69) is 0 Å². The molecule has 122 valence electrons. The zero-order chi connectivity index (χ0) is 15.6. The summed E-state index contributed by atoms with van der Waals surface area (Å²) < 4.78 is 27.0. The fourth-order valence-electron chi connectivity index (χ4n) is 2.74. The van der Waals surface area contributed by atoms with Crippen molar-refractivity contribution in [2.75, 3.05) is 13.1 Å². The molecular weight excluding hydrogens is 345 g/mol. The Hall–Kier alpha value is -0.840. The van der Waals surface area contributed by atoms with Crippen molar-refractivity contribution >= 4 is 34.0 Å². The van der Waals surface area contributed by atoms with Crippen molar-refractivity contribution in [3.63, 3.8) is 0 Å². The smallest absolute Gasteiger partial charge is 0.243 e. The van der Waals surface area contributed by atoms with E-state index in [1.165, 1.54) is 22.5 Å². The van der Waals surface area contributed by atoms with Gasteiger partial charge in [-0.2, -0.15) is 9.57 Å². The standard InChI is InChI=1S/C14H18ClN3O2S.ClH/c1-10-3-2-6-18(14(10)9-17)21(19,20)12-5-4-11(8-16)13(15)7-12;/h4-5,7,10,14H,2-3,6,9,17H2,1H3;1H. The number of hydrogen-bond donors (Lipinski definition) is 1. The second-order valence-corrected chi connectivity index (χ2v) is 7.59. The Morgan fingerprint density at radius 3 is 2.73 bits per heavy atom. The van der Waals surface area contributed by atoms with E-state index in [4.69, 9.17) is 22.6 Å². The maximum atomic E-state index is 12.8. The number of benzene rings is 1. The number of nitrogens with two attached hydrogens (primary N) is 1. The third-order valence-corrected chi connectivity index (χ3v) is 6.21. The largest absolute Gasteiger partial charge is 0.329 e. The topological polar surface area (TPSA) is 87.2 Å². The second kappa shape index (κ2) is 7.62. The molecule has 0 saturated carbocycles. The van der Waals surface area contributed by atoms with Crippen LogP contribution in [-0.2, 0) is 10.0 Å². The average molecular weight is 364 g/mol. The third-order valence-electron chi connectivity index (χ3n) is 3.97. The molecule has 0 aromatic heterocycles. The molecule has 22 heavy (non-hydrogen) atoms. The lowest BCUT2D eigenvalue weighted by atomic mass is 9.93. The number of nitriles is 1. The summed E-state index contributed by atoms with van der Waals surface area (Å²) in [6.07, 6.45) is 1.79. The molecule has 2 unspecified atom stereocenters. The molecule has 0 aliphatic carbocycles. The van der Waals surface area contributed by atoms with E-state index in [1.54, 1.807) is 0 Å². The zero-order valence-electron chi connectivity index (χ0n) is 12.2. The van der Waals surface area contributed by atoms with Crippen LogP contribution in [0.5, 0.6) is 0 Å². The first-order chi connectivity index (χ1) is 9.91. The van der Waals surface area contributed by atoms with E-state index >= 15 is 0 Å². The molecule has 0 bridgehead atoms. The molecular formula is C14H19Cl2N3O2S. The van der Waals surface area contributed by atoms with E-state index in [-0.39, 0.29) is 39.8 Å². The number of hydrogen-bond acceptors (Lipinski definition) is 4. The highest BCUT2D eigenvalue weighted by Crippen LogP contribution is 2.30. The van der Waals surface area contributed by atoms with Gasteiger partial charge in [-0.3, -0.25) is 0 Å². The first kappa shape index (κ1) is 19.2. The van der Waals surface area contributed by atoms with E-state index in [9.17, 15) is 8.42 Å². The van der Waals surface area contributed by atoms with Crippen LogP contribution in [0.3, 0.4) is 0 Å². The fraction of sp³-hybridized carbons (Fsp3) is 0.500. The summed E-state index contributed by atoms with van der Waals surface area (Å²) in [5.41, 5.74) is 6.02. The van der Waals surface area contributed by atoms with Gasteiger partial charge in [-0.15, -0.1) is 12.4 Å². The van der Waals surface area contributed by atoms with Gasteiger partial charge in [0.25, 0.3) is 0 Å². The van der Waals surface area contributed by atoms with Crippen molar-refractivity contribution in [2.45, 2.75) is 30.7 Å². The van der Waals surface area contributed by atoms with Gasteiger partial charge in [0.05, 0.1) is 15.5 Å². The molecule has 1 fully saturated rings. The van der Waals surface area contributed by atoms with E-state index in [0.29, 0.717) is 13.1 Å². The number of piperidine rings is 1. The lowest BCUT2D eigenvalue weighted by molar-refractivity contribution is 0.192. The quantitative estimate of drug-likeness (QED) is 0.892. The minimum Gasteiger partial charge on any atom is -0.329 e. The Balaban J connectivity index is 0.00000242. The summed E-state index contributed by atoms with van der Waals surface area (Å²) in [4.78, 5) is 0.110. The number of sulfonamides is 1. The van der Waals surface area contributed by atoms with Crippen LogP contribution in [0, 0.1) is 17.2 Å². The van der Waals surface area contributed by atoms with Gasteiger partial charge >= 0.3 is 0 Å².